The van der Waals surface area contributed by atoms with Gasteiger partial charge >= 0.3 is 6.03 Å². The predicted octanol–water partition coefficient (Wildman–Crippen LogP) is 4.13. The summed E-state index contributed by atoms with van der Waals surface area (Å²) in [5.41, 5.74) is 2.09. The molecular formula is C18H18N2O3. The maximum Gasteiger partial charge on any atom is 0.323 e. The molecule has 0 aliphatic carbocycles. The van der Waals surface area contributed by atoms with Crippen LogP contribution < -0.4 is 10.6 Å². The molecule has 0 fully saturated rings. The van der Waals surface area contributed by atoms with Gasteiger partial charge in [-0.3, -0.25) is 9.59 Å². The van der Waals surface area contributed by atoms with Gasteiger partial charge in [0.2, 0.25) is 0 Å². The fourth-order valence-corrected chi connectivity index (χ4v) is 2.10. The van der Waals surface area contributed by atoms with E-state index >= 15 is 0 Å². The summed E-state index contributed by atoms with van der Waals surface area (Å²) in [6.07, 6.45) is 0.368. The molecule has 23 heavy (non-hydrogen) atoms. The Labute approximate surface area is 134 Å². The van der Waals surface area contributed by atoms with Crippen molar-refractivity contribution in [2.45, 2.75) is 20.3 Å². The Hall–Kier alpha value is -2.95. The number of nitrogens with one attached hydrogen (secondary N) is 2. The average Bonchev–Trinajstić information content (AvgIpc) is 2.55. The summed E-state index contributed by atoms with van der Waals surface area (Å²) in [6, 6.07) is 13.0. The van der Waals surface area contributed by atoms with Crippen LogP contribution in [0, 0.1) is 0 Å². The normalized spacial score (nSPS) is 10.0. The zero-order valence-corrected chi connectivity index (χ0v) is 13.1. The topological polar surface area (TPSA) is 75.3 Å². The van der Waals surface area contributed by atoms with Crippen LogP contribution in [0.2, 0.25) is 0 Å². The molecule has 2 amide bonds. The second kappa shape index (κ2) is 7.35. The zero-order valence-electron chi connectivity index (χ0n) is 13.1. The molecule has 118 valence electrons. The first kappa shape index (κ1) is 16.4. The first-order valence-corrected chi connectivity index (χ1v) is 7.32. The second-order valence-electron chi connectivity index (χ2n) is 5.03. The molecular weight excluding hydrogens is 292 g/mol. The number of rotatable bonds is 5. The van der Waals surface area contributed by atoms with E-state index in [2.05, 4.69) is 10.6 Å². The van der Waals surface area contributed by atoms with Crippen LogP contribution in [0.25, 0.3) is 0 Å². The lowest BCUT2D eigenvalue weighted by Crippen LogP contribution is -2.21. The van der Waals surface area contributed by atoms with E-state index in [1.54, 1.807) is 55.5 Å². The Balaban J connectivity index is 2.08. The molecule has 0 saturated heterocycles. The quantitative estimate of drug-likeness (QED) is 0.815. The smallest absolute Gasteiger partial charge is 0.308 e. The Morgan fingerprint density at radius 3 is 2.17 bits per heavy atom. The van der Waals surface area contributed by atoms with Crippen LogP contribution >= 0.6 is 0 Å². The highest BCUT2D eigenvalue weighted by Gasteiger charge is 2.11. The molecule has 0 saturated carbocycles. The van der Waals surface area contributed by atoms with Crippen LogP contribution in [0.15, 0.2) is 48.5 Å². The number of urea groups is 1. The van der Waals surface area contributed by atoms with Crippen molar-refractivity contribution in [3.05, 3.63) is 59.7 Å². The number of hydrogen-bond donors (Lipinski definition) is 2. The molecule has 0 heterocycles. The molecule has 0 spiro atoms. The highest BCUT2D eigenvalue weighted by atomic mass is 16.2. The van der Waals surface area contributed by atoms with E-state index in [0.29, 0.717) is 28.9 Å². The SMILES string of the molecule is CCC(=O)c1ccccc1NC(=O)Nc1ccc(C(C)=O)cc1. The van der Waals surface area contributed by atoms with E-state index in [1.165, 1.54) is 6.92 Å². The van der Waals surface area contributed by atoms with Gasteiger partial charge in [0.15, 0.2) is 11.6 Å². The Kier molecular flexibility index (Phi) is 5.25. The van der Waals surface area contributed by atoms with Crippen LogP contribution in [-0.2, 0) is 0 Å². The molecule has 2 rings (SSSR count). The van der Waals surface area contributed by atoms with Crippen molar-refractivity contribution >= 4 is 29.0 Å². The molecule has 0 aromatic heterocycles. The monoisotopic (exact) mass is 310 g/mol. The number of Topliss-reactive ketones (excluding diaryl/α,β-unsaturated/α-hetero) is 2. The van der Waals surface area contributed by atoms with Gasteiger partial charge in [0.25, 0.3) is 0 Å². The van der Waals surface area contributed by atoms with Gasteiger partial charge in [-0.2, -0.15) is 0 Å². The number of amides is 2. The van der Waals surface area contributed by atoms with Crippen molar-refractivity contribution in [2.24, 2.45) is 0 Å². The van der Waals surface area contributed by atoms with Gasteiger partial charge in [-0.25, -0.2) is 4.79 Å². The lowest BCUT2D eigenvalue weighted by molar-refractivity contribution is 0.0986. The number of hydrogen-bond acceptors (Lipinski definition) is 3. The molecule has 0 aliphatic rings. The third-order valence-corrected chi connectivity index (χ3v) is 3.35. The molecule has 5 heteroatoms. The molecule has 2 aromatic carbocycles. The van der Waals surface area contributed by atoms with Gasteiger partial charge in [0.1, 0.15) is 0 Å². The minimum Gasteiger partial charge on any atom is -0.308 e. The number of para-hydroxylation sites is 1. The van der Waals surface area contributed by atoms with Crippen LogP contribution in [0.3, 0.4) is 0 Å². The zero-order chi connectivity index (χ0) is 16.8. The van der Waals surface area contributed by atoms with Gasteiger partial charge in [-0.05, 0) is 43.3 Å². The second-order valence-corrected chi connectivity index (χ2v) is 5.03. The Bertz CT molecular complexity index is 736. The summed E-state index contributed by atoms with van der Waals surface area (Å²) in [5.74, 6) is -0.0697. The number of anilines is 2. The van der Waals surface area contributed by atoms with E-state index in [9.17, 15) is 14.4 Å². The van der Waals surface area contributed by atoms with Gasteiger partial charge in [0, 0.05) is 23.2 Å². The van der Waals surface area contributed by atoms with Crippen LogP contribution in [0.1, 0.15) is 41.0 Å². The summed E-state index contributed by atoms with van der Waals surface area (Å²) in [4.78, 5) is 35.2. The van der Waals surface area contributed by atoms with Crippen molar-refractivity contribution in [3.63, 3.8) is 0 Å². The fraction of sp³-hybridized carbons (Fsp3) is 0.167. The molecule has 0 unspecified atom stereocenters. The number of carbonyl (C=O) groups is 3. The minimum atomic E-state index is -0.447. The van der Waals surface area contributed by atoms with E-state index in [-0.39, 0.29) is 11.6 Å². The first-order valence-electron chi connectivity index (χ1n) is 7.32. The third-order valence-electron chi connectivity index (χ3n) is 3.35. The van der Waals surface area contributed by atoms with E-state index in [4.69, 9.17) is 0 Å². The van der Waals surface area contributed by atoms with Crippen LogP contribution in [0.5, 0.6) is 0 Å². The highest BCUT2D eigenvalue weighted by Crippen LogP contribution is 2.17. The highest BCUT2D eigenvalue weighted by molar-refractivity contribution is 6.07. The largest absolute Gasteiger partial charge is 0.323 e. The molecule has 0 bridgehead atoms. The Morgan fingerprint density at radius 2 is 1.57 bits per heavy atom. The summed E-state index contributed by atoms with van der Waals surface area (Å²) in [6.45, 7) is 3.26. The third kappa shape index (κ3) is 4.26. The molecule has 0 aliphatic heterocycles. The van der Waals surface area contributed by atoms with Gasteiger partial charge < -0.3 is 10.6 Å². The van der Waals surface area contributed by atoms with E-state index < -0.39 is 6.03 Å². The summed E-state index contributed by atoms with van der Waals surface area (Å²) >= 11 is 0. The summed E-state index contributed by atoms with van der Waals surface area (Å²) in [5, 5.41) is 5.34. The molecule has 2 N–H and O–H groups in total. The van der Waals surface area contributed by atoms with Crippen molar-refractivity contribution < 1.29 is 14.4 Å². The fourth-order valence-electron chi connectivity index (χ4n) is 2.10. The maximum atomic E-state index is 12.1. The minimum absolute atomic E-state index is 0.0343. The standard InChI is InChI=1S/C18H18N2O3/c1-3-17(22)15-6-4-5-7-16(15)20-18(23)19-14-10-8-13(9-11-14)12(2)21/h4-11H,3H2,1-2H3,(H2,19,20,23). The predicted molar refractivity (Wildman–Crippen MR) is 90.2 cm³/mol. The summed E-state index contributed by atoms with van der Waals surface area (Å²) in [7, 11) is 0. The molecule has 0 radical (unpaired) electrons. The lowest BCUT2D eigenvalue weighted by Gasteiger charge is -2.11. The van der Waals surface area contributed by atoms with Crippen molar-refractivity contribution in [3.8, 4) is 0 Å². The first-order chi connectivity index (χ1) is 11.0. The van der Waals surface area contributed by atoms with Gasteiger partial charge in [-0.15, -0.1) is 0 Å². The molecule has 5 nitrogen and oxygen atoms in total. The van der Waals surface area contributed by atoms with Crippen molar-refractivity contribution in [1.29, 1.82) is 0 Å². The average molecular weight is 310 g/mol. The van der Waals surface area contributed by atoms with Crippen molar-refractivity contribution in [1.82, 2.24) is 0 Å². The van der Waals surface area contributed by atoms with E-state index in [1.807, 2.05) is 0 Å². The number of benzene rings is 2. The van der Waals surface area contributed by atoms with Crippen LogP contribution in [0.4, 0.5) is 16.2 Å². The van der Waals surface area contributed by atoms with Gasteiger partial charge in [-0.1, -0.05) is 19.1 Å². The molecule has 2 aromatic rings. The van der Waals surface area contributed by atoms with Gasteiger partial charge in [0.05, 0.1) is 5.69 Å². The van der Waals surface area contributed by atoms with E-state index in [0.717, 1.165) is 0 Å². The molecule has 0 atom stereocenters. The Morgan fingerprint density at radius 1 is 0.913 bits per heavy atom. The maximum absolute atomic E-state index is 12.1. The lowest BCUT2D eigenvalue weighted by atomic mass is 10.1. The van der Waals surface area contributed by atoms with Crippen LogP contribution in [-0.4, -0.2) is 17.6 Å². The number of carbonyl (C=O) groups excluding carboxylic acids is 3. The van der Waals surface area contributed by atoms with Crippen molar-refractivity contribution in [2.75, 3.05) is 10.6 Å². The summed E-state index contributed by atoms with van der Waals surface area (Å²) < 4.78 is 0. The number of ketones is 2.